The lowest BCUT2D eigenvalue weighted by atomic mass is 10.2. The predicted molar refractivity (Wildman–Crippen MR) is 75.7 cm³/mol. The number of rotatable bonds is 3. The zero-order valence-electron chi connectivity index (χ0n) is 10.6. The predicted octanol–water partition coefficient (Wildman–Crippen LogP) is 2.35. The highest BCUT2D eigenvalue weighted by Crippen LogP contribution is 2.24. The van der Waals surface area contributed by atoms with E-state index in [4.69, 9.17) is 0 Å². The summed E-state index contributed by atoms with van der Waals surface area (Å²) in [5.74, 6) is -0.207. The highest BCUT2D eigenvalue weighted by atomic mass is 32.1. The van der Waals surface area contributed by atoms with Crippen molar-refractivity contribution in [1.82, 2.24) is 15.2 Å². The molecule has 1 aliphatic rings. The molecule has 100 valence electrons. The summed E-state index contributed by atoms with van der Waals surface area (Å²) in [4.78, 5) is 6.93. The van der Waals surface area contributed by atoms with Crippen LogP contribution in [-0.2, 0) is 6.54 Å². The lowest BCUT2D eigenvalue weighted by Crippen LogP contribution is -2.42. The molecule has 2 aromatic rings. The van der Waals surface area contributed by atoms with E-state index in [0.717, 1.165) is 43.4 Å². The van der Waals surface area contributed by atoms with Gasteiger partial charge in [0.25, 0.3) is 0 Å². The Morgan fingerprint density at radius 1 is 1.26 bits per heavy atom. The third-order valence-corrected chi connectivity index (χ3v) is 4.10. The number of nitrogens with zero attached hydrogens (tertiary/aromatic N) is 2. The van der Waals surface area contributed by atoms with Crippen LogP contribution in [0.4, 0.5) is 4.39 Å². The summed E-state index contributed by atoms with van der Waals surface area (Å²) in [5.41, 5.74) is 1.33. The van der Waals surface area contributed by atoms with Crippen molar-refractivity contribution in [2.24, 2.45) is 0 Å². The second-order valence-corrected chi connectivity index (χ2v) is 5.58. The summed E-state index contributed by atoms with van der Waals surface area (Å²) >= 11 is 1.61. The van der Waals surface area contributed by atoms with Crippen molar-refractivity contribution < 1.29 is 4.39 Å². The van der Waals surface area contributed by atoms with Crippen LogP contribution in [0.25, 0.3) is 11.3 Å². The van der Waals surface area contributed by atoms with Crippen LogP contribution in [0.15, 0.2) is 29.6 Å². The Morgan fingerprint density at radius 2 is 2.05 bits per heavy atom. The fourth-order valence-electron chi connectivity index (χ4n) is 2.24. The van der Waals surface area contributed by atoms with Gasteiger partial charge in [-0.2, -0.15) is 0 Å². The second-order valence-electron chi connectivity index (χ2n) is 4.63. The van der Waals surface area contributed by atoms with Gasteiger partial charge in [0, 0.05) is 37.1 Å². The van der Waals surface area contributed by atoms with Crippen molar-refractivity contribution in [3.8, 4) is 11.3 Å². The van der Waals surface area contributed by atoms with E-state index in [9.17, 15) is 4.39 Å². The van der Waals surface area contributed by atoms with Crippen molar-refractivity contribution in [3.63, 3.8) is 0 Å². The third-order valence-electron chi connectivity index (χ3n) is 3.27. The summed E-state index contributed by atoms with van der Waals surface area (Å²) in [7, 11) is 0. The van der Waals surface area contributed by atoms with Crippen LogP contribution in [0.2, 0.25) is 0 Å². The first-order chi connectivity index (χ1) is 9.33. The molecule has 19 heavy (non-hydrogen) atoms. The van der Waals surface area contributed by atoms with Crippen LogP contribution in [0.5, 0.6) is 0 Å². The fourth-order valence-corrected chi connectivity index (χ4v) is 3.07. The molecule has 1 N–H and O–H groups in total. The number of aromatic nitrogens is 1. The maximum Gasteiger partial charge on any atom is 0.132 e. The molecule has 0 amide bonds. The third kappa shape index (κ3) is 3.00. The van der Waals surface area contributed by atoms with E-state index in [1.165, 1.54) is 6.07 Å². The first-order valence-corrected chi connectivity index (χ1v) is 7.33. The van der Waals surface area contributed by atoms with Gasteiger partial charge >= 0.3 is 0 Å². The molecule has 0 atom stereocenters. The van der Waals surface area contributed by atoms with Crippen molar-refractivity contribution in [2.45, 2.75) is 6.54 Å². The first-order valence-electron chi connectivity index (χ1n) is 6.45. The molecule has 1 aliphatic heterocycles. The van der Waals surface area contributed by atoms with Gasteiger partial charge in [0.1, 0.15) is 10.8 Å². The molecule has 0 radical (unpaired) electrons. The number of nitrogens with one attached hydrogen (secondary N) is 1. The summed E-state index contributed by atoms with van der Waals surface area (Å²) in [6.45, 7) is 5.03. The number of hydrogen-bond acceptors (Lipinski definition) is 4. The average Bonchev–Trinajstić information content (AvgIpc) is 2.89. The van der Waals surface area contributed by atoms with Crippen molar-refractivity contribution in [2.75, 3.05) is 26.2 Å². The van der Waals surface area contributed by atoms with Gasteiger partial charge < -0.3 is 5.32 Å². The van der Waals surface area contributed by atoms with Gasteiger partial charge in [-0.05, 0) is 12.1 Å². The van der Waals surface area contributed by atoms with Gasteiger partial charge in [-0.3, -0.25) is 4.90 Å². The SMILES string of the molecule is Fc1ccccc1-c1csc(CN2CCNCC2)n1. The molecule has 3 rings (SSSR count). The van der Waals surface area contributed by atoms with E-state index in [1.807, 2.05) is 11.4 Å². The molecule has 1 saturated heterocycles. The number of benzene rings is 1. The van der Waals surface area contributed by atoms with E-state index >= 15 is 0 Å². The number of piperazine rings is 1. The van der Waals surface area contributed by atoms with Gasteiger partial charge in [0.2, 0.25) is 0 Å². The van der Waals surface area contributed by atoms with Crippen molar-refractivity contribution in [3.05, 3.63) is 40.5 Å². The number of hydrogen-bond donors (Lipinski definition) is 1. The van der Waals surface area contributed by atoms with Crippen LogP contribution in [-0.4, -0.2) is 36.1 Å². The van der Waals surface area contributed by atoms with Gasteiger partial charge in [-0.1, -0.05) is 12.1 Å². The molecule has 3 nitrogen and oxygen atoms in total. The monoisotopic (exact) mass is 277 g/mol. The second kappa shape index (κ2) is 5.77. The average molecular weight is 277 g/mol. The molecule has 5 heteroatoms. The summed E-state index contributed by atoms with van der Waals surface area (Å²) in [6, 6.07) is 6.80. The quantitative estimate of drug-likeness (QED) is 0.933. The minimum Gasteiger partial charge on any atom is -0.314 e. The zero-order chi connectivity index (χ0) is 13.1. The maximum atomic E-state index is 13.7. The van der Waals surface area contributed by atoms with E-state index in [1.54, 1.807) is 23.5 Å². The molecule has 0 saturated carbocycles. The molecular formula is C14H16FN3S. The Morgan fingerprint density at radius 3 is 2.84 bits per heavy atom. The molecular weight excluding hydrogens is 261 g/mol. The summed E-state index contributed by atoms with van der Waals surface area (Å²) in [6.07, 6.45) is 0. The summed E-state index contributed by atoms with van der Waals surface area (Å²) < 4.78 is 13.7. The lowest BCUT2D eigenvalue weighted by Gasteiger charge is -2.26. The molecule has 1 aromatic carbocycles. The minimum absolute atomic E-state index is 0.207. The highest BCUT2D eigenvalue weighted by molar-refractivity contribution is 7.09. The Hall–Kier alpha value is -1.30. The highest BCUT2D eigenvalue weighted by Gasteiger charge is 2.13. The topological polar surface area (TPSA) is 28.2 Å². The van der Waals surface area contributed by atoms with E-state index in [-0.39, 0.29) is 5.82 Å². The van der Waals surface area contributed by atoms with Crippen molar-refractivity contribution in [1.29, 1.82) is 0 Å². The van der Waals surface area contributed by atoms with Gasteiger partial charge in [0.05, 0.1) is 12.2 Å². The van der Waals surface area contributed by atoms with Gasteiger partial charge in [-0.25, -0.2) is 9.37 Å². The number of thiazole rings is 1. The van der Waals surface area contributed by atoms with E-state index < -0.39 is 0 Å². The van der Waals surface area contributed by atoms with E-state index in [0.29, 0.717) is 5.56 Å². The zero-order valence-corrected chi connectivity index (χ0v) is 11.4. The van der Waals surface area contributed by atoms with Crippen LogP contribution in [0, 0.1) is 5.82 Å². The fraction of sp³-hybridized carbons (Fsp3) is 0.357. The molecule has 0 spiro atoms. The lowest BCUT2D eigenvalue weighted by molar-refractivity contribution is 0.233. The van der Waals surface area contributed by atoms with Gasteiger partial charge in [-0.15, -0.1) is 11.3 Å². The first kappa shape index (κ1) is 12.7. The van der Waals surface area contributed by atoms with Crippen LogP contribution in [0.1, 0.15) is 5.01 Å². The van der Waals surface area contributed by atoms with Gasteiger partial charge in [0.15, 0.2) is 0 Å². The van der Waals surface area contributed by atoms with Crippen molar-refractivity contribution >= 4 is 11.3 Å². The Balaban J connectivity index is 1.74. The molecule has 0 unspecified atom stereocenters. The minimum atomic E-state index is -0.207. The molecule has 2 heterocycles. The van der Waals surface area contributed by atoms with Crippen LogP contribution < -0.4 is 5.32 Å². The van der Waals surface area contributed by atoms with Crippen LogP contribution in [0.3, 0.4) is 0 Å². The Bertz CT molecular complexity index is 549. The Labute approximate surface area is 116 Å². The van der Waals surface area contributed by atoms with Crippen LogP contribution >= 0.6 is 11.3 Å². The summed E-state index contributed by atoms with van der Waals surface area (Å²) in [5, 5.41) is 6.33. The number of halogens is 1. The largest absolute Gasteiger partial charge is 0.314 e. The standard InChI is InChI=1S/C14H16FN3S/c15-12-4-2-1-3-11(12)13-10-19-14(17-13)9-18-7-5-16-6-8-18/h1-4,10,16H,5-9H2. The molecule has 0 aliphatic carbocycles. The molecule has 1 aromatic heterocycles. The van der Waals surface area contributed by atoms with E-state index in [2.05, 4.69) is 15.2 Å². The normalized spacial score (nSPS) is 16.7. The maximum absolute atomic E-state index is 13.7. The Kier molecular flexibility index (Phi) is 3.87. The smallest absolute Gasteiger partial charge is 0.132 e. The molecule has 0 bridgehead atoms. The molecule has 1 fully saturated rings.